The van der Waals surface area contributed by atoms with E-state index in [4.69, 9.17) is 9.26 Å². The number of aromatic nitrogens is 3. The second kappa shape index (κ2) is 7.22. The molecule has 0 saturated carbocycles. The Hall–Kier alpha value is -3.16. The summed E-state index contributed by atoms with van der Waals surface area (Å²) in [7, 11) is 1.52. The number of ether oxygens (including phenoxy) is 1. The van der Waals surface area contributed by atoms with Crippen LogP contribution in [0.4, 0.5) is 0 Å². The Morgan fingerprint density at radius 1 is 1.44 bits per heavy atom. The number of rotatable bonds is 5. The molecule has 0 spiro atoms. The molecular formula is C19H20N4O4. The van der Waals surface area contributed by atoms with Crippen LogP contribution < -0.4 is 10.3 Å². The lowest BCUT2D eigenvalue weighted by molar-refractivity contribution is -0.130. The summed E-state index contributed by atoms with van der Waals surface area (Å²) in [5.41, 5.74) is 1.38. The van der Waals surface area contributed by atoms with Crippen LogP contribution in [0.1, 0.15) is 30.2 Å². The number of fused-ring (bicyclic) bond motifs is 1. The third kappa shape index (κ3) is 3.55. The van der Waals surface area contributed by atoms with Gasteiger partial charge in [0.05, 0.1) is 18.0 Å². The molecule has 3 aromatic rings. The van der Waals surface area contributed by atoms with Crippen LogP contribution in [0.25, 0.3) is 10.9 Å². The molecule has 0 aliphatic carbocycles. The van der Waals surface area contributed by atoms with E-state index < -0.39 is 0 Å². The van der Waals surface area contributed by atoms with E-state index in [-0.39, 0.29) is 17.4 Å². The smallest absolute Gasteiger partial charge is 0.257 e. The summed E-state index contributed by atoms with van der Waals surface area (Å²) in [6.45, 7) is 1.26. The number of H-pyrrole nitrogens is 1. The van der Waals surface area contributed by atoms with Crippen molar-refractivity contribution in [1.29, 1.82) is 0 Å². The first kappa shape index (κ1) is 17.3. The van der Waals surface area contributed by atoms with Crippen LogP contribution in [0.5, 0.6) is 5.88 Å². The fraction of sp³-hybridized carbons (Fsp3) is 0.368. The summed E-state index contributed by atoms with van der Waals surface area (Å²) in [4.78, 5) is 33.8. The molecule has 140 valence electrons. The highest BCUT2D eigenvalue weighted by Gasteiger charge is 2.28. The van der Waals surface area contributed by atoms with Crippen molar-refractivity contribution >= 4 is 16.8 Å². The molecule has 0 aromatic carbocycles. The van der Waals surface area contributed by atoms with E-state index in [9.17, 15) is 9.59 Å². The number of carbonyl (C=O) groups excluding carboxylic acids is 1. The van der Waals surface area contributed by atoms with E-state index in [1.165, 1.54) is 7.11 Å². The zero-order valence-electron chi connectivity index (χ0n) is 15.0. The second-order valence-electron chi connectivity index (χ2n) is 6.65. The Morgan fingerprint density at radius 2 is 2.33 bits per heavy atom. The number of methoxy groups -OCH3 is 1. The average Bonchev–Trinajstić information content (AvgIpc) is 3.35. The molecule has 1 aliphatic rings. The topological polar surface area (TPSA) is 101 Å². The largest absolute Gasteiger partial charge is 0.479 e. The SMILES string of the molecule is COc1cc(CCC(=O)N2CCC(c3cc4ncccc4c(=O)[nH]3)C2)on1. The fourth-order valence-corrected chi connectivity index (χ4v) is 3.46. The molecule has 1 amide bonds. The third-order valence-electron chi connectivity index (χ3n) is 4.95. The van der Waals surface area contributed by atoms with Crippen molar-refractivity contribution in [1.82, 2.24) is 20.0 Å². The summed E-state index contributed by atoms with van der Waals surface area (Å²) in [6, 6.07) is 7.11. The standard InChI is InChI=1S/C19H20N4O4/c1-26-17-9-13(27-22-17)4-5-18(24)23-8-6-12(11-23)15-10-16-14(19(25)21-15)3-2-7-20-16/h2-3,7,9-10,12H,4-6,8,11H2,1H3,(H,21,25). The summed E-state index contributed by atoms with van der Waals surface area (Å²) in [6.07, 6.45) is 3.32. The van der Waals surface area contributed by atoms with Crippen molar-refractivity contribution in [3.63, 3.8) is 0 Å². The molecule has 0 bridgehead atoms. The van der Waals surface area contributed by atoms with Crippen LogP contribution in [0.15, 0.2) is 39.8 Å². The summed E-state index contributed by atoms with van der Waals surface area (Å²) >= 11 is 0. The lowest BCUT2D eigenvalue weighted by Crippen LogP contribution is -2.28. The van der Waals surface area contributed by atoms with Crippen LogP contribution in [0, 0.1) is 0 Å². The van der Waals surface area contributed by atoms with E-state index in [0.29, 0.717) is 48.5 Å². The van der Waals surface area contributed by atoms with Crippen LogP contribution >= 0.6 is 0 Å². The van der Waals surface area contributed by atoms with Crippen molar-refractivity contribution in [3.8, 4) is 5.88 Å². The zero-order chi connectivity index (χ0) is 18.8. The highest BCUT2D eigenvalue weighted by molar-refractivity contribution is 5.78. The highest BCUT2D eigenvalue weighted by Crippen LogP contribution is 2.27. The van der Waals surface area contributed by atoms with Gasteiger partial charge in [0.1, 0.15) is 5.76 Å². The van der Waals surface area contributed by atoms with Gasteiger partial charge in [-0.3, -0.25) is 14.6 Å². The predicted molar refractivity (Wildman–Crippen MR) is 97.7 cm³/mol. The van der Waals surface area contributed by atoms with E-state index >= 15 is 0 Å². The van der Waals surface area contributed by atoms with Crippen LogP contribution in [-0.4, -0.2) is 46.1 Å². The van der Waals surface area contributed by atoms with Gasteiger partial charge in [-0.15, -0.1) is 0 Å². The number of carbonyl (C=O) groups is 1. The Kier molecular flexibility index (Phi) is 4.62. The van der Waals surface area contributed by atoms with Crippen LogP contribution in [0.3, 0.4) is 0 Å². The van der Waals surface area contributed by atoms with Crippen molar-refractivity contribution in [2.45, 2.75) is 25.2 Å². The highest BCUT2D eigenvalue weighted by atomic mass is 16.5. The summed E-state index contributed by atoms with van der Waals surface area (Å²) in [5, 5.41) is 4.31. The van der Waals surface area contributed by atoms with Crippen molar-refractivity contribution < 1.29 is 14.1 Å². The maximum absolute atomic E-state index is 12.5. The number of nitrogens with zero attached hydrogens (tertiary/aromatic N) is 3. The number of aryl methyl sites for hydroxylation is 1. The molecule has 4 rings (SSSR count). The number of aromatic amines is 1. The molecule has 1 N–H and O–H groups in total. The number of hydrogen-bond donors (Lipinski definition) is 1. The summed E-state index contributed by atoms with van der Waals surface area (Å²) < 4.78 is 10.1. The monoisotopic (exact) mass is 368 g/mol. The van der Waals surface area contributed by atoms with Gasteiger partial charge in [0.25, 0.3) is 11.4 Å². The van der Waals surface area contributed by atoms with Gasteiger partial charge < -0.3 is 19.1 Å². The second-order valence-corrected chi connectivity index (χ2v) is 6.65. The van der Waals surface area contributed by atoms with Gasteiger partial charge >= 0.3 is 0 Å². The minimum atomic E-state index is -0.139. The Morgan fingerprint density at radius 3 is 3.15 bits per heavy atom. The van der Waals surface area contributed by atoms with Gasteiger partial charge in [0.15, 0.2) is 0 Å². The quantitative estimate of drug-likeness (QED) is 0.738. The number of hydrogen-bond acceptors (Lipinski definition) is 6. The number of amides is 1. The first-order valence-corrected chi connectivity index (χ1v) is 8.89. The molecule has 8 heteroatoms. The Balaban J connectivity index is 1.41. The first-order chi connectivity index (χ1) is 13.1. The number of likely N-dealkylation sites (tertiary alicyclic amines) is 1. The molecule has 4 heterocycles. The number of nitrogens with one attached hydrogen (secondary N) is 1. The van der Waals surface area contributed by atoms with Gasteiger partial charge in [0.2, 0.25) is 5.91 Å². The minimum absolute atomic E-state index is 0.0640. The zero-order valence-corrected chi connectivity index (χ0v) is 15.0. The predicted octanol–water partition coefficient (Wildman–Crippen LogP) is 1.87. The molecule has 1 saturated heterocycles. The lowest BCUT2D eigenvalue weighted by atomic mass is 10.0. The van der Waals surface area contributed by atoms with Gasteiger partial charge in [-0.05, 0) is 29.8 Å². The van der Waals surface area contributed by atoms with E-state index in [0.717, 1.165) is 12.1 Å². The Bertz CT molecular complexity index is 1030. The fourth-order valence-electron chi connectivity index (χ4n) is 3.46. The molecule has 8 nitrogen and oxygen atoms in total. The van der Waals surface area contributed by atoms with Gasteiger partial charge in [-0.1, -0.05) is 0 Å². The maximum atomic E-state index is 12.5. The summed E-state index contributed by atoms with van der Waals surface area (Å²) in [5.74, 6) is 1.21. The minimum Gasteiger partial charge on any atom is -0.479 e. The molecule has 1 fully saturated rings. The molecule has 1 atom stereocenters. The first-order valence-electron chi connectivity index (χ1n) is 8.89. The van der Waals surface area contributed by atoms with Gasteiger partial charge in [-0.2, -0.15) is 0 Å². The van der Waals surface area contributed by atoms with Crippen molar-refractivity contribution in [2.75, 3.05) is 20.2 Å². The maximum Gasteiger partial charge on any atom is 0.257 e. The van der Waals surface area contributed by atoms with E-state index in [2.05, 4.69) is 15.1 Å². The van der Waals surface area contributed by atoms with Crippen LogP contribution in [-0.2, 0) is 11.2 Å². The molecule has 0 radical (unpaired) electrons. The molecule has 3 aromatic heterocycles. The Labute approximate surface area is 155 Å². The van der Waals surface area contributed by atoms with E-state index in [1.807, 2.05) is 11.0 Å². The van der Waals surface area contributed by atoms with Crippen molar-refractivity contribution in [3.05, 3.63) is 52.3 Å². The van der Waals surface area contributed by atoms with E-state index in [1.54, 1.807) is 24.4 Å². The normalized spacial score (nSPS) is 16.8. The third-order valence-corrected chi connectivity index (χ3v) is 4.95. The molecule has 1 unspecified atom stereocenters. The molecular weight excluding hydrogens is 348 g/mol. The van der Waals surface area contributed by atoms with Crippen LogP contribution in [0.2, 0.25) is 0 Å². The molecule has 1 aliphatic heterocycles. The van der Waals surface area contributed by atoms with Gasteiger partial charge in [0, 0.05) is 49.8 Å². The number of pyridine rings is 2. The van der Waals surface area contributed by atoms with Gasteiger partial charge in [-0.25, -0.2) is 0 Å². The average molecular weight is 368 g/mol. The van der Waals surface area contributed by atoms with Crippen molar-refractivity contribution in [2.24, 2.45) is 0 Å². The lowest BCUT2D eigenvalue weighted by Gasteiger charge is -2.16. The molecule has 27 heavy (non-hydrogen) atoms.